The molecule has 7 heteroatoms. The minimum atomic E-state index is -0.411. The van der Waals surface area contributed by atoms with Crippen LogP contribution in [-0.2, 0) is 25.5 Å². The van der Waals surface area contributed by atoms with E-state index >= 15 is 0 Å². The maximum absolute atomic E-state index is 12.8. The van der Waals surface area contributed by atoms with E-state index in [-0.39, 0.29) is 18.2 Å². The lowest BCUT2D eigenvalue weighted by atomic mass is 9.82. The fourth-order valence-electron chi connectivity index (χ4n) is 5.31. The summed E-state index contributed by atoms with van der Waals surface area (Å²) in [6, 6.07) is 13.3. The van der Waals surface area contributed by atoms with Crippen LogP contribution in [0.5, 0.6) is 5.75 Å². The van der Waals surface area contributed by atoms with E-state index in [1.165, 1.54) is 0 Å². The van der Waals surface area contributed by atoms with Crippen LogP contribution in [0.15, 0.2) is 42.5 Å². The van der Waals surface area contributed by atoms with E-state index in [1.807, 2.05) is 56.3 Å². The number of carbonyl (C=O) groups excluding carboxylic acids is 2. The van der Waals surface area contributed by atoms with E-state index in [4.69, 9.17) is 9.47 Å². The van der Waals surface area contributed by atoms with Gasteiger partial charge in [0.15, 0.2) is 0 Å². The molecule has 182 valence electrons. The zero-order valence-electron chi connectivity index (χ0n) is 19.9. The number of amides is 1. The number of hydrogen-bond donors (Lipinski definition) is 2. The second-order valence-corrected chi connectivity index (χ2v) is 9.13. The molecule has 2 aliphatic rings. The molecule has 0 bridgehead atoms. The average molecular weight is 467 g/mol. The van der Waals surface area contributed by atoms with E-state index < -0.39 is 6.04 Å². The number of aromatic hydroxyl groups is 1. The molecule has 0 aliphatic carbocycles. The Labute approximate surface area is 201 Å². The van der Waals surface area contributed by atoms with Crippen LogP contribution >= 0.6 is 0 Å². The molecule has 2 aromatic rings. The molecule has 2 heterocycles. The summed E-state index contributed by atoms with van der Waals surface area (Å²) in [4.78, 5) is 25.9. The molecule has 2 aromatic carbocycles. The van der Waals surface area contributed by atoms with Crippen molar-refractivity contribution in [2.75, 3.05) is 26.2 Å². The van der Waals surface area contributed by atoms with Gasteiger partial charge in [-0.1, -0.05) is 42.5 Å². The molecule has 2 N–H and O–H groups in total. The molecule has 2 aliphatic heterocycles. The first-order valence-corrected chi connectivity index (χ1v) is 12.1. The van der Waals surface area contributed by atoms with Crippen molar-refractivity contribution < 1.29 is 24.2 Å². The Hall–Kier alpha value is -2.90. The third-order valence-corrected chi connectivity index (χ3v) is 7.09. The van der Waals surface area contributed by atoms with Crippen molar-refractivity contribution in [1.82, 2.24) is 10.2 Å². The Morgan fingerprint density at radius 3 is 2.65 bits per heavy atom. The van der Waals surface area contributed by atoms with Gasteiger partial charge in [0.05, 0.1) is 12.7 Å². The number of nitrogens with zero attached hydrogens (tertiary/aromatic N) is 1. The maximum Gasteiger partial charge on any atom is 0.327 e. The zero-order valence-corrected chi connectivity index (χ0v) is 19.9. The number of aryl methyl sites for hydroxylation is 1. The summed E-state index contributed by atoms with van der Waals surface area (Å²) in [7, 11) is 0. The van der Waals surface area contributed by atoms with Crippen LogP contribution in [0.2, 0.25) is 0 Å². The molecule has 34 heavy (non-hydrogen) atoms. The number of fused-ring (bicyclic) bond motifs is 1. The van der Waals surface area contributed by atoms with Gasteiger partial charge in [-0.15, -0.1) is 0 Å². The zero-order chi connectivity index (χ0) is 24.1. The van der Waals surface area contributed by atoms with Gasteiger partial charge in [0, 0.05) is 18.5 Å². The molecule has 1 unspecified atom stereocenters. The molecule has 0 spiro atoms. The number of nitrogens with one attached hydrogen (secondary N) is 1. The van der Waals surface area contributed by atoms with Gasteiger partial charge in [0.1, 0.15) is 17.9 Å². The second kappa shape index (κ2) is 11.0. The lowest BCUT2D eigenvalue weighted by molar-refractivity contribution is -0.151. The third-order valence-electron chi connectivity index (χ3n) is 7.09. The molecule has 3 atom stereocenters. The van der Waals surface area contributed by atoms with Crippen LogP contribution in [0, 0.1) is 12.8 Å². The molecule has 1 amide bonds. The van der Waals surface area contributed by atoms with E-state index in [0.717, 1.165) is 48.2 Å². The second-order valence-electron chi connectivity index (χ2n) is 9.13. The predicted molar refractivity (Wildman–Crippen MR) is 128 cm³/mol. The van der Waals surface area contributed by atoms with Crippen LogP contribution in [0.1, 0.15) is 54.2 Å². The summed E-state index contributed by atoms with van der Waals surface area (Å²) in [5.74, 6) is 0.405. The van der Waals surface area contributed by atoms with Crippen LogP contribution < -0.4 is 5.32 Å². The molecule has 4 rings (SSSR count). The number of esters is 1. The maximum atomic E-state index is 12.8. The van der Waals surface area contributed by atoms with Gasteiger partial charge in [-0.3, -0.25) is 9.69 Å². The monoisotopic (exact) mass is 466 g/mol. The quantitative estimate of drug-likeness (QED) is 0.458. The van der Waals surface area contributed by atoms with Crippen molar-refractivity contribution in [3.63, 3.8) is 0 Å². The highest BCUT2D eigenvalue weighted by Crippen LogP contribution is 2.41. The normalized spacial score (nSPS) is 21.9. The molecular weight excluding hydrogens is 432 g/mol. The van der Waals surface area contributed by atoms with Gasteiger partial charge in [-0.05, 0) is 62.4 Å². The molecule has 7 nitrogen and oxygen atoms in total. The van der Waals surface area contributed by atoms with Crippen molar-refractivity contribution >= 4 is 12.4 Å². The Kier molecular flexibility index (Phi) is 7.85. The smallest absolute Gasteiger partial charge is 0.327 e. The SMILES string of the molecule is CCOC(=O)C(c1ccccc1)N1CCC([C@@H]2Cc3c(ccc(C)c3O)[C@H](CNC=O)O2)CC1. The largest absolute Gasteiger partial charge is 0.507 e. The summed E-state index contributed by atoms with van der Waals surface area (Å²) in [6.45, 7) is 5.97. The lowest BCUT2D eigenvalue weighted by Crippen LogP contribution is -2.45. The highest BCUT2D eigenvalue weighted by Gasteiger charge is 2.38. The molecule has 0 radical (unpaired) electrons. The summed E-state index contributed by atoms with van der Waals surface area (Å²) in [5, 5.41) is 13.5. The minimum absolute atomic E-state index is 0.0569. The Morgan fingerprint density at radius 2 is 1.97 bits per heavy atom. The summed E-state index contributed by atoms with van der Waals surface area (Å²) in [5.41, 5.74) is 3.65. The first-order chi connectivity index (χ1) is 16.5. The minimum Gasteiger partial charge on any atom is -0.507 e. The van der Waals surface area contributed by atoms with Crippen LogP contribution in [0.25, 0.3) is 0 Å². The molecule has 1 fully saturated rings. The number of ether oxygens (including phenoxy) is 2. The fraction of sp³-hybridized carbons (Fsp3) is 0.481. The average Bonchev–Trinajstić information content (AvgIpc) is 2.86. The topological polar surface area (TPSA) is 88.1 Å². The van der Waals surface area contributed by atoms with Crippen LogP contribution in [-0.4, -0.2) is 54.7 Å². The van der Waals surface area contributed by atoms with Gasteiger partial charge < -0.3 is 19.9 Å². The number of rotatable bonds is 8. The predicted octanol–water partition coefficient (Wildman–Crippen LogP) is 3.45. The van der Waals surface area contributed by atoms with Gasteiger partial charge in [-0.25, -0.2) is 4.79 Å². The van der Waals surface area contributed by atoms with Crippen molar-refractivity contribution in [1.29, 1.82) is 0 Å². The van der Waals surface area contributed by atoms with Crippen LogP contribution in [0.3, 0.4) is 0 Å². The standard InChI is InChI=1S/C27H34N2O5/c1-3-33-27(32)25(20-7-5-4-6-8-20)29-13-11-19(12-14-29)23-15-22-21(10-9-18(2)26(22)31)24(34-23)16-28-17-30/h4-10,17,19,23-25,31H,3,11-16H2,1-2H3,(H,28,30)/t23-,24-,25?/m0/s1. The third kappa shape index (κ3) is 5.10. The Balaban J connectivity index is 1.49. The van der Waals surface area contributed by atoms with E-state index in [1.54, 1.807) is 0 Å². The summed E-state index contributed by atoms with van der Waals surface area (Å²) in [6.07, 6.45) is 2.73. The van der Waals surface area contributed by atoms with Crippen LogP contribution in [0.4, 0.5) is 0 Å². The number of carbonyl (C=O) groups is 2. The molecule has 0 saturated carbocycles. The number of hydrogen-bond acceptors (Lipinski definition) is 6. The van der Waals surface area contributed by atoms with Gasteiger partial charge in [-0.2, -0.15) is 0 Å². The van der Waals surface area contributed by atoms with Crippen molar-refractivity contribution in [3.05, 3.63) is 64.7 Å². The number of phenols is 1. The summed E-state index contributed by atoms with van der Waals surface area (Å²) >= 11 is 0. The molecule has 1 saturated heterocycles. The number of benzene rings is 2. The van der Waals surface area contributed by atoms with Crippen molar-refractivity contribution in [3.8, 4) is 5.75 Å². The van der Waals surface area contributed by atoms with E-state index in [0.29, 0.717) is 37.6 Å². The Morgan fingerprint density at radius 1 is 1.24 bits per heavy atom. The van der Waals surface area contributed by atoms with E-state index in [2.05, 4.69) is 10.2 Å². The van der Waals surface area contributed by atoms with Gasteiger partial charge in [0.25, 0.3) is 0 Å². The highest BCUT2D eigenvalue weighted by atomic mass is 16.5. The number of likely N-dealkylation sites (tertiary alicyclic amines) is 1. The lowest BCUT2D eigenvalue weighted by Gasteiger charge is -2.42. The van der Waals surface area contributed by atoms with Crippen molar-refractivity contribution in [2.45, 2.75) is 51.4 Å². The molecular formula is C27H34N2O5. The summed E-state index contributed by atoms with van der Waals surface area (Å²) < 4.78 is 11.9. The van der Waals surface area contributed by atoms with Crippen molar-refractivity contribution in [2.24, 2.45) is 5.92 Å². The van der Waals surface area contributed by atoms with Gasteiger partial charge >= 0.3 is 5.97 Å². The fourth-order valence-corrected chi connectivity index (χ4v) is 5.31. The first-order valence-electron chi connectivity index (χ1n) is 12.1. The van der Waals surface area contributed by atoms with Gasteiger partial charge in [0.2, 0.25) is 6.41 Å². The highest BCUT2D eigenvalue weighted by molar-refractivity contribution is 5.77. The number of piperidine rings is 1. The van der Waals surface area contributed by atoms with E-state index in [9.17, 15) is 14.7 Å². The first kappa shape index (κ1) is 24.2. The molecule has 0 aromatic heterocycles. The Bertz CT molecular complexity index is 988. The number of phenolic OH excluding ortho intramolecular Hbond substituents is 1.